The van der Waals surface area contributed by atoms with E-state index < -0.39 is 5.60 Å². The number of rotatable bonds is 7. The minimum absolute atomic E-state index is 0.181. The van der Waals surface area contributed by atoms with E-state index in [2.05, 4.69) is 18.5 Å². The SMILES string of the molecule is C=CCCC(=O)N1CCC2(CC1)CN(CCN(C)C1CCCCC1)C(=O)O2. The Kier molecular flexibility index (Phi) is 6.79. The molecule has 3 fully saturated rings. The molecule has 2 heterocycles. The first-order valence-corrected chi connectivity index (χ1v) is 10.6. The highest BCUT2D eigenvalue weighted by atomic mass is 16.6. The van der Waals surface area contributed by atoms with Gasteiger partial charge in [-0.05, 0) is 26.3 Å². The van der Waals surface area contributed by atoms with E-state index in [9.17, 15) is 9.59 Å². The van der Waals surface area contributed by atoms with Crippen LogP contribution in [-0.2, 0) is 9.53 Å². The van der Waals surface area contributed by atoms with Gasteiger partial charge in [0.15, 0.2) is 0 Å². The van der Waals surface area contributed by atoms with Crippen LogP contribution < -0.4 is 0 Å². The molecular weight excluding hydrogens is 342 g/mol. The number of carbonyl (C=O) groups excluding carboxylic acids is 2. The van der Waals surface area contributed by atoms with Crippen LogP contribution >= 0.6 is 0 Å². The van der Waals surface area contributed by atoms with Crippen LogP contribution in [0.15, 0.2) is 12.7 Å². The molecule has 1 saturated carbocycles. The molecule has 0 aromatic rings. The molecule has 2 saturated heterocycles. The standard InChI is InChI=1S/C21H35N3O3/c1-3-4-10-19(25)23-13-11-21(12-14-23)17-24(20(26)27-21)16-15-22(2)18-8-6-5-7-9-18/h3,18H,1,4-17H2,2H3. The minimum Gasteiger partial charge on any atom is -0.441 e. The number of likely N-dealkylation sites (tertiary alicyclic amines) is 1. The second-order valence-corrected chi connectivity index (χ2v) is 8.45. The van der Waals surface area contributed by atoms with Crippen LogP contribution in [0.2, 0.25) is 0 Å². The van der Waals surface area contributed by atoms with Crippen LogP contribution in [0.4, 0.5) is 4.79 Å². The number of carbonyl (C=O) groups is 2. The summed E-state index contributed by atoms with van der Waals surface area (Å²) in [5.41, 5.74) is -0.393. The average molecular weight is 378 g/mol. The molecule has 152 valence electrons. The van der Waals surface area contributed by atoms with E-state index in [0.29, 0.717) is 32.1 Å². The molecular formula is C21H35N3O3. The van der Waals surface area contributed by atoms with Crippen molar-refractivity contribution >= 4 is 12.0 Å². The van der Waals surface area contributed by atoms with E-state index in [1.807, 2.05) is 9.80 Å². The molecule has 3 rings (SSSR count). The van der Waals surface area contributed by atoms with Gasteiger partial charge in [0.2, 0.25) is 5.91 Å². The fourth-order valence-corrected chi connectivity index (χ4v) is 4.66. The van der Waals surface area contributed by atoms with Gasteiger partial charge in [0.25, 0.3) is 0 Å². The van der Waals surface area contributed by atoms with E-state index in [4.69, 9.17) is 4.74 Å². The molecule has 6 heteroatoms. The third kappa shape index (κ3) is 5.03. The van der Waals surface area contributed by atoms with Crippen molar-refractivity contribution in [1.29, 1.82) is 0 Å². The molecule has 0 bridgehead atoms. The first-order valence-electron chi connectivity index (χ1n) is 10.6. The van der Waals surface area contributed by atoms with Crippen molar-refractivity contribution in [2.24, 2.45) is 0 Å². The Morgan fingerprint density at radius 3 is 2.67 bits per heavy atom. The molecule has 0 atom stereocenters. The van der Waals surface area contributed by atoms with E-state index in [1.54, 1.807) is 6.08 Å². The zero-order valence-corrected chi connectivity index (χ0v) is 16.8. The maximum absolute atomic E-state index is 12.4. The van der Waals surface area contributed by atoms with Crippen molar-refractivity contribution < 1.29 is 14.3 Å². The lowest BCUT2D eigenvalue weighted by molar-refractivity contribution is -0.134. The second kappa shape index (κ2) is 9.09. The fraction of sp³-hybridized carbons (Fsp3) is 0.810. The molecule has 0 aromatic heterocycles. The van der Waals surface area contributed by atoms with Crippen molar-refractivity contribution in [1.82, 2.24) is 14.7 Å². The highest BCUT2D eigenvalue weighted by Crippen LogP contribution is 2.33. The highest BCUT2D eigenvalue weighted by Gasteiger charge is 2.47. The summed E-state index contributed by atoms with van der Waals surface area (Å²) in [4.78, 5) is 30.7. The molecule has 0 aromatic carbocycles. The Labute approximate surface area is 163 Å². The van der Waals surface area contributed by atoms with Crippen molar-refractivity contribution in [3.63, 3.8) is 0 Å². The van der Waals surface area contributed by atoms with Gasteiger partial charge in [-0.3, -0.25) is 4.79 Å². The van der Waals surface area contributed by atoms with Gasteiger partial charge in [0, 0.05) is 51.5 Å². The Balaban J connectivity index is 1.44. The summed E-state index contributed by atoms with van der Waals surface area (Å²) in [6.45, 7) is 7.34. The number of hydrogen-bond donors (Lipinski definition) is 0. The fourth-order valence-electron chi connectivity index (χ4n) is 4.66. The summed E-state index contributed by atoms with van der Waals surface area (Å²) in [5.74, 6) is 0.181. The van der Waals surface area contributed by atoms with Crippen LogP contribution in [0, 0.1) is 0 Å². The van der Waals surface area contributed by atoms with Crippen molar-refractivity contribution in [3.05, 3.63) is 12.7 Å². The van der Waals surface area contributed by atoms with Crippen molar-refractivity contribution in [2.45, 2.75) is 69.4 Å². The molecule has 0 N–H and O–H groups in total. The number of amides is 2. The van der Waals surface area contributed by atoms with E-state index in [1.165, 1.54) is 32.1 Å². The summed E-state index contributed by atoms with van der Waals surface area (Å²) in [7, 11) is 2.18. The van der Waals surface area contributed by atoms with Crippen LogP contribution in [0.25, 0.3) is 0 Å². The molecule has 27 heavy (non-hydrogen) atoms. The smallest absolute Gasteiger partial charge is 0.410 e. The quantitative estimate of drug-likeness (QED) is 0.640. The number of nitrogens with zero attached hydrogens (tertiary/aromatic N) is 3. The van der Waals surface area contributed by atoms with Crippen LogP contribution in [0.3, 0.4) is 0 Å². The largest absolute Gasteiger partial charge is 0.441 e. The van der Waals surface area contributed by atoms with Crippen molar-refractivity contribution in [3.8, 4) is 0 Å². The van der Waals surface area contributed by atoms with Gasteiger partial charge in [0.1, 0.15) is 5.60 Å². The molecule has 2 amide bonds. The number of ether oxygens (including phenoxy) is 1. The van der Waals surface area contributed by atoms with Gasteiger partial charge in [-0.25, -0.2) is 4.79 Å². The van der Waals surface area contributed by atoms with E-state index in [0.717, 1.165) is 32.4 Å². The molecule has 3 aliphatic rings. The molecule has 0 unspecified atom stereocenters. The van der Waals surface area contributed by atoms with Crippen LogP contribution in [0.5, 0.6) is 0 Å². The van der Waals surface area contributed by atoms with Gasteiger partial charge < -0.3 is 19.4 Å². The van der Waals surface area contributed by atoms with Gasteiger partial charge in [-0.2, -0.15) is 0 Å². The lowest BCUT2D eigenvalue weighted by Gasteiger charge is -2.37. The zero-order valence-electron chi connectivity index (χ0n) is 16.8. The third-order valence-corrected chi connectivity index (χ3v) is 6.55. The first-order chi connectivity index (χ1) is 13.0. The number of allylic oxidation sites excluding steroid dienone is 1. The van der Waals surface area contributed by atoms with Gasteiger partial charge in [-0.1, -0.05) is 25.3 Å². The first kappa shape index (κ1) is 20.2. The number of piperidine rings is 1. The molecule has 1 spiro atoms. The van der Waals surface area contributed by atoms with Crippen LogP contribution in [0.1, 0.15) is 57.8 Å². The summed E-state index contributed by atoms with van der Waals surface area (Å²) in [5, 5.41) is 0. The Hall–Kier alpha value is -1.56. The van der Waals surface area contributed by atoms with Crippen LogP contribution in [-0.4, -0.2) is 78.1 Å². The van der Waals surface area contributed by atoms with E-state index in [-0.39, 0.29) is 12.0 Å². The highest BCUT2D eigenvalue weighted by molar-refractivity contribution is 5.76. The minimum atomic E-state index is -0.393. The van der Waals surface area contributed by atoms with Gasteiger partial charge in [-0.15, -0.1) is 6.58 Å². The molecule has 6 nitrogen and oxygen atoms in total. The Morgan fingerprint density at radius 1 is 1.30 bits per heavy atom. The third-order valence-electron chi connectivity index (χ3n) is 6.55. The zero-order chi connectivity index (χ0) is 19.3. The monoisotopic (exact) mass is 377 g/mol. The lowest BCUT2D eigenvalue weighted by atomic mass is 9.91. The van der Waals surface area contributed by atoms with Crippen molar-refractivity contribution in [2.75, 3.05) is 39.8 Å². The summed E-state index contributed by atoms with van der Waals surface area (Å²) in [6, 6.07) is 0.663. The van der Waals surface area contributed by atoms with Gasteiger partial charge >= 0.3 is 6.09 Å². The predicted molar refractivity (Wildman–Crippen MR) is 106 cm³/mol. The Bertz CT molecular complexity index is 537. The summed E-state index contributed by atoms with van der Waals surface area (Å²) < 4.78 is 5.80. The predicted octanol–water partition coefficient (Wildman–Crippen LogP) is 3.03. The summed E-state index contributed by atoms with van der Waals surface area (Å²) in [6.07, 6.45) is 10.9. The maximum atomic E-state index is 12.4. The Morgan fingerprint density at radius 2 is 2.00 bits per heavy atom. The average Bonchev–Trinajstić information content (AvgIpc) is 3.00. The summed E-state index contributed by atoms with van der Waals surface area (Å²) >= 11 is 0. The number of likely N-dealkylation sites (N-methyl/N-ethyl adjacent to an activating group) is 1. The number of hydrogen-bond acceptors (Lipinski definition) is 4. The normalized spacial score (nSPS) is 23.1. The van der Waals surface area contributed by atoms with E-state index >= 15 is 0 Å². The topological polar surface area (TPSA) is 53.1 Å². The van der Waals surface area contributed by atoms with Gasteiger partial charge in [0.05, 0.1) is 6.54 Å². The maximum Gasteiger partial charge on any atom is 0.410 e. The lowest BCUT2D eigenvalue weighted by Crippen LogP contribution is -2.49. The second-order valence-electron chi connectivity index (χ2n) is 8.45. The molecule has 0 radical (unpaired) electrons. The molecule has 2 aliphatic heterocycles. The molecule has 1 aliphatic carbocycles.